The summed E-state index contributed by atoms with van der Waals surface area (Å²) in [6, 6.07) is 0.610. The smallest absolute Gasteiger partial charge is 0.151 e. The molecule has 0 spiro atoms. The zero-order chi connectivity index (χ0) is 11.6. The lowest BCUT2D eigenvalue weighted by Gasteiger charge is -2.39. The van der Waals surface area contributed by atoms with Gasteiger partial charge in [0.1, 0.15) is 0 Å². The van der Waals surface area contributed by atoms with Crippen LogP contribution < -0.4 is 0 Å². The van der Waals surface area contributed by atoms with Gasteiger partial charge in [0.25, 0.3) is 0 Å². The van der Waals surface area contributed by atoms with E-state index in [1.165, 1.54) is 12.8 Å². The van der Waals surface area contributed by atoms with E-state index in [-0.39, 0.29) is 12.6 Å². The minimum absolute atomic E-state index is 0.209. The van der Waals surface area contributed by atoms with E-state index in [9.17, 15) is 8.42 Å². The Kier molecular flexibility index (Phi) is 3.87. The third kappa shape index (κ3) is 2.76. The molecule has 2 rings (SSSR count). The van der Waals surface area contributed by atoms with Gasteiger partial charge in [0, 0.05) is 18.7 Å². The molecule has 4 nitrogen and oxygen atoms in total. The number of nitrogens with zero attached hydrogens (tertiary/aromatic N) is 1. The van der Waals surface area contributed by atoms with E-state index >= 15 is 0 Å². The lowest BCUT2D eigenvalue weighted by atomic mass is 9.97. The van der Waals surface area contributed by atoms with Gasteiger partial charge in [0.05, 0.1) is 11.5 Å². The Morgan fingerprint density at radius 2 is 2.06 bits per heavy atom. The third-order valence-corrected chi connectivity index (χ3v) is 5.56. The van der Waals surface area contributed by atoms with Gasteiger partial charge in [-0.15, -0.1) is 0 Å². The highest BCUT2D eigenvalue weighted by Gasteiger charge is 2.36. The van der Waals surface area contributed by atoms with E-state index in [2.05, 4.69) is 4.90 Å². The van der Waals surface area contributed by atoms with Crippen molar-refractivity contribution < 1.29 is 13.5 Å². The Labute approximate surface area is 97.6 Å². The number of hydrogen-bond donors (Lipinski definition) is 1. The zero-order valence-electron chi connectivity index (χ0n) is 9.64. The summed E-state index contributed by atoms with van der Waals surface area (Å²) in [6.45, 7) is 1.21. The van der Waals surface area contributed by atoms with Gasteiger partial charge < -0.3 is 5.11 Å². The molecular weight excluding hydrogens is 226 g/mol. The standard InChI is InChI=1S/C11H21NO3S/c13-7-4-10-3-1-2-6-12(10)11-5-8-16(14,15)9-11/h10-11,13H,1-9H2. The molecular formula is C11H21NO3S. The first-order chi connectivity index (χ1) is 7.62. The molecule has 5 heteroatoms. The largest absolute Gasteiger partial charge is 0.396 e. The van der Waals surface area contributed by atoms with Gasteiger partial charge in [0.2, 0.25) is 0 Å². The highest BCUT2D eigenvalue weighted by atomic mass is 32.2. The number of likely N-dealkylation sites (tertiary alicyclic amines) is 1. The molecule has 0 aromatic rings. The van der Waals surface area contributed by atoms with Gasteiger partial charge in [-0.1, -0.05) is 6.42 Å². The third-order valence-electron chi connectivity index (χ3n) is 3.81. The topological polar surface area (TPSA) is 57.6 Å². The van der Waals surface area contributed by atoms with Crippen molar-refractivity contribution >= 4 is 9.84 Å². The number of piperidine rings is 1. The molecule has 1 N–H and O–H groups in total. The second kappa shape index (κ2) is 5.02. The van der Waals surface area contributed by atoms with Crippen molar-refractivity contribution in [2.45, 2.75) is 44.2 Å². The van der Waals surface area contributed by atoms with Crippen LogP contribution in [0.3, 0.4) is 0 Å². The lowest BCUT2D eigenvalue weighted by Crippen LogP contribution is -2.47. The summed E-state index contributed by atoms with van der Waals surface area (Å²) in [6.07, 6.45) is 5.05. The monoisotopic (exact) mass is 247 g/mol. The van der Waals surface area contributed by atoms with Crippen molar-refractivity contribution in [3.8, 4) is 0 Å². The van der Waals surface area contributed by atoms with Crippen molar-refractivity contribution in [2.24, 2.45) is 0 Å². The summed E-state index contributed by atoms with van der Waals surface area (Å²) >= 11 is 0. The number of hydrogen-bond acceptors (Lipinski definition) is 4. The van der Waals surface area contributed by atoms with Crippen LogP contribution in [-0.2, 0) is 9.84 Å². The summed E-state index contributed by atoms with van der Waals surface area (Å²) in [5, 5.41) is 9.04. The minimum Gasteiger partial charge on any atom is -0.396 e. The molecule has 0 bridgehead atoms. The summed E-state index contributed by atoms with van der Waals surface area (Å²) < 4.78 is 22.9. The number of sulfone groups is 1. The normalized spacial score (nSPS) is 35.3. The maximum absolute atomic E-state index is 11.5. The first-order valence-corrected chi connectivity index (χ1v) is 8.01. The van der Waals surface area contributed by atoms with Gasteiger partial charge >= 0.3 is 0 Å². The Hall–Kier alpha value is -0.130. The average Bonchev–Trinajstić information content (AvgIpc) is 2.60. The predicted octanol–water partition coefficient (Wildman–Crippen LogP) is 0.410. The van der Waals surface area contributed by atoms with E-state index in [1.54, 1.807) is 0 Å². The van der Waals surface area contributed by atoms with Crippen LogP contribution in [0.15, 0.2) is 0 Å². The van der Waals surface area contributed by atoms with Crippen LogP contribution >= 0.6 is 0 Å². The minimum atomic E-state index is -2.79. The highest BCUT2D eigenvalue weighted by Crippen LogP contribution is 2.27. The number of aliphatic hydroxyl groups is 1. The van der Waals surface area contributed by atoms with Crippen LogP contribution in [0.2, 0.25) is 0 Å². The molecule has 2 unspecified atom stereocenters. The van der Waals surface area contributed by atoms with Crippen LogP contribution in [0.5, 0.6) is 0 Å². The van der Waals surface area contributed by atoms with Gasteiger partial charge in [-0.25, -0.2) is 8.42 Å². The second-order valence-electron chi connectivity index (χ2n) is 4.96. The molecule has 2 saturated heterocycles. The van der Waals surface area contributed by atoms with Crippen molar-refractivity contribution in [3.05, 3.63) is 0 Å². The molecule has 0 amide bonds. The number of aliphatic hydroxyl groups excluding tert-OH is 1. The molecule has 2 aliphatic rings. The zero-order valence-corrected chi connectivity index (χ0v) is 10.5. The van der Waals surface area contributed by atoms with Crippen molar-refractivity contribution in [3.63, 3.8) is 0 Å². The molecule has 16 heavy (non-hydrogen) atoms. The first kappa shape index (κ1) is 12.3. The molecule has 0 radical (unpaired) electrons. The molecule has 0 aromatic carbocycles. The second-order valence-corrected chi connectivity index (χ2v) is 7.19. The van der Waals surface area contributed by atoms with Crippen LogP contribution in [0.1, 0.15) is 32.1 Å². The Balaban J connectivity index is 2.00. The van der Waals surface area contributed by atoms with E-state index in [1.807, 2.05) is 0 Å². The molecule has 0 aromatic heterocycles. The van der Waals surface area contributed by atoms with Gasteiger partial charge in [0.15, 0.2) is 9.84 Å². The van der Waals surface area contributed by atoms with Gasteiger partial charge in [-0.05, 0) is 32.2 Å². The van der Waals surface area contributed by atoms with E-state index in [4.69, 9.17) is 5.11 Å². The Morgan fingerprint density at radius 3 is 2.69 bits per heavy atom. The first-order valence-electron chi connectivity index (χ1n) is 6.19. The summed E-state index contributed by atoms with van der Waals surface area (Å²) in [5.74, 6) is 0.676. The molecule has 2 heterocycles. The molecule has 0 saturated carbocycles. The molecule has 0 aliphatic carbocycles. The number of rotatable bonds is 3. The molecule has 2 aliphatic heterocycles. The Morgan fingerprint density at radius 1 is 1.25 bits per heavy atom. The van der Waals surface area contributed by atoms with E-state index in [0.29, 0.717) is 17.5 Å². The highest BCUT2D eigenvalue weighted by molar-refractivity contribution is 7.91. The fourth-order valence-electron chi connectivity index (χ4n) is 3.00. The molecule has 94 valence electrons. The lowest BCUT2D eigenvalue weighted by molar-refractivity contribution is 0.0855. The predicted molar refractivity (Wildman–Crippen MR) is 63.1 cm³/mol. The van der Waals surface area contributed by atoms with E-state index < -0.39 is 9.84 Å². The summed E-state index contributed by atoms with van der Waals surface area (Å²) in [5.41, 5.74) is 0. The van der Waals surface area contributed by atoms with E-state index in [0.717, 1.165) is 25.8 Å². The van der Waals surface area contributed by atoms with Crippen molar-refractivity contribution in [1.82, 2.24) is 4.90 Å². The maximum atomic E-state index is 11.5. The van der Waals surface area contributed by atoms with Gasteiger partial charge in [-0.3, -0.25) is 4.90 Å². The fraction of sp³-hybridized carbons (Fsp3) is 1.00. The SMILES string of the molecule is O=S1(=O)CCC(N2CCCCC2CCO)C1. The Bertz CT molecular complexity index is 326. The quantitative estimate of drug-likeness (QED) is 0.785. The van der Waals surface area contributed by atoms with Gasteiger partial charge in [-0.2, -0.15) is 0 Å². The van der Waals surface area contributed by atoms with Crippen LogP contribution in [0, 0.1) is 0 Å². The van der Waals surface area contributed by atoms with Crippen LogP contribution in [0.25, 0.3) is 0 Å². The summed E-state index contributed by atoms with van der Waals surface area (Å²) in [7, 11) is -2.79. The fourth-order valence-corrected chi connectivity index (χ4v) is 4.74. The molecule has 2 fully saturated rings. The summed E-state index contributed by atoms with van der Waals surface area (Å²) in [4.78, 5) is 2.34. The van der Waals surface area contributed by atoms with Crippen LogP contribution in [-0.4, -0.2) is 55.2 Å². The van der Waals surface area contributed by atoms with Crippen molar-refractivity contribution in [2.75, 3.05) is 24.7 Å². The molecule has 2 atom stereocenters. The van der Waals surface area contributed by atoms with Crippen molar-refractivity contribution in [1.29, 1.82) is 0 Å². The van der Waals surface area contributed by atoms with Crippen LogP contribution in [0.4, 0.5) is 0 Å². The maximum Gasteiger partial charge on any atom is 0.151 e. The average molecular weight is 247 g/mol.